The maximum absolute atomic E-state index is 13.1. The molecule has 138 valence electrons. The molecule has 0 N–H and O–H groups in total. The lowest BCUT2D eigenvalue weighted by atomic mass is 10.1. The standard InChI is InChI=1S/C16H23N3O4S2/c1-13-6-10-24-11-9-18(13)15-5-4-14(19(20)21)12-16(15)25(22,23)17-7-2-3-8-17/h4-5,12-13H,2-3,6-11H2,1H3. The Morgan fingerprint density at radius 1 is 1.20 bits per heavy atom. The molecule has 3 rings (SSSR count). The molecule has 9 heteroatoms. The minimum atomic E-state index is -3.73. The summed E-state index contributed by atoms with van der Waals surface area (Å²) in [5.41, 5.74) is 0.408. The number of sulfonamides is 1. The van der Waals surface area contributed by atoms with Gasteiger partial charge in [-0.15, -0.1) is 0 Å². The fourth-order valence-electron chi connectivity index (χ4n) is 3.38. The van der Waals surface area contributed by atoms with Crippen LogP contribution in [0.15, 0.2) is 23.1 Å². The van der Waals surface area contributed by atoms with E-state index in [-0.39, 0.29) is 16.6 Å². The first-order valence-corrected chi connectivity index (χ1v) is 11.1. The van der Waals surface area contributed by atoms with Crippen LogP contribution in [0.3, 0.4) is 0 Å². The Labute approximate surface area is 152 Å². The van der Waals surface area contributed by atoms with Crippen LogP contribution in [0.1, 0.15) is 26.2 Å². The number of nitro groups is 1. The second-order valence-electron chi connectivity index (χ2n) is 6.46. The summed E-state index contributed by atoms with van der Waals surface area (Å²) in [6, 6.07) is 4.44. The van der Waals surface area contributed by atoms with Crippen LogP contribution in [0.2, 0.25) is 0 Å². The van der Waals surface area contributed by atoms with Crippen molar-refractivity contribution in [3.05, 3.63) is 28.3 Å². The van der Waals surface area contributed by atoms with Crippen LogP contribution in [0.4, 0.5) is 11.4 Å². The predicted molar refractivity (Wildman–Crippen MR) is 99.8 cm³/mol. The van der Waals surface area contributed by atoms with Crippen LogP contribution in [-0.4, -0.2) is 54.8 Å². The number of nitro benzene ring substituents is 1. The van der Waals surface area contributed by atoms with Gasteiger partial charge in [0, 0.05) is 43.6 Å². The Kier molecular flexibility index (Phi) is 5.55. The summed E-state index contributed by atoms with van der Waals surface area (Å²) in [6.07, 6.45) is 2.63. The molecular formula is C16H23N3O4S2. The Bertz CT molecular complexity index is 748. The van der Waals surface area contributed by atoms with Gasteiger partial charge in [-0.3, -0.25) is 10.1 Å². The van der Waals surface area contributed by atoms with Crippen LogP contribution in [0, 0.1) is 10.1 Å². The Morgan fingerprint density at radius 2 is 1.92 bits per heavy atom. The van der Waals surface area contributed by atoms with Crippen molar-refractivity contribution in [2.45, 2.75) is 37.1 Å². The third-order valence-corrected chi connectivity index (χ3v) is 7.76. The van der Waals surface area contributed by atoms with Crippen molar-refractivity contribution in [3.63, 3.8) is 0 Å². The van der Waals surface area contributed by atoms with Gasteiger partial charge in [0.25, 0.3) is 5.69 Å². The molecule has 2 heterocycles. The number of hydrogen-bond donors (Lipinski definition) is 0. The second-order valence-corrected chi connectivity index (χ2v) is 9.59. The lowest BCUT2D eigenvalue weighted by Crippen LogP contribution is -2.36. The van der Waals surface area contributed by atoms with E-state index in [2.05, 4.69) is 11.8 Å². The van der Waals surface area contributed by atoms with Gasteiger partial charge in [0.1, 0.15) is 4.90 Å². The maximum atomic E-state index is 13.1. The third kappa shape index (κ3) is 3.78. The Balaban J connectivity index is 2.09. The summed E-state index contributed by atoms with van der Waals surface area (Å²) in [7, 11) is -3.73. The lowest BCUT2D eigenvalue weighted by molar-refractivity contribution is -0.385. The molecule has 0 aliphatic carbocycles. The van der Waals surface area contributed by atoms with Gasteiger partial charge in [-0.1, -0.05) is 0 Å². The van der Waals surface area contributed by atoms with Gasteiger partial charge < -0.3 is 4.90 Å². The van der Waals surface area contributed by atoms with E-state index in [1.165, 1.54) is 16.4 Å². The van der Waals surface area contributed by atoms with Gasteiger partial charge >= 0.3 is 0 Å². The van der Waals surface area contributed by atoms with E-state index >= 15 is 0 Å². The molecule has 2 saturated heterocycles. The summed E-state index contributed by atoms with van der Waals surface area (Å²) in [5, 5.41) is 11.2. The minimum Gasteiger partial charge on any atom is -0.367 e. The van der Waals surface area contributed by atoms with Gasteiger partial charge in [-0.2, -0.15) is 16.1 Å². The van der Waals surface area contributed by atoms with Crippen LogP contribution in [0.25, 0.3) is 0 Å². The smallest absolute Gasteiger partial charge is 0.270 e. The fourth-order valence-corrected chi connectivity index (χ4v) is 6.15. The summed E-state index contributed by atoms with van der Waals surface area (Å²) in [4.78, 5) is 12.8. The number of thioether (sulfide) groups is 1. The van der Waals surface area contributed by atoms with Crippen molar-refractivity contribution in [1.82, 2.24) is 4.31 Å². The molecule has 25 heavy (non-hydrogen) atoms. The number of hydrogen-bond acceptors (Lipinski definition) is 6. The van der Waals surface area contributed by atoms with E-state index in [9.17, 15) is 18.5 Å². The second kappa shape index (κ2) is 7.51. The third-order valence-electron chi connectivity index (χ3n) is 4.84. The van der Waals surface area contributed by atoms with E-state index in [1.54, 1.807) is 6.07 Å². The average Bonchev–Trinajstić information content (AvgIpc) is 3.05. The molecule has 1 atom stereocenters. The van der Waals surface area contributed by atoms with Crippen LogP contribution >= 0.6 is 11.8 Å². The molecule has 0 bridgehead atoms. The van der Waals surface area contributed by atoms with Crippen LogP contribution < -0.4 is 4.90 Å². The molecule has 1 aromatic carbocycles. The summed E-state index contributed by atoms with van der Waals surface area (Å²) >= 11 is 1.85. The van der Waals surface area contributed by atoms with Crippen molar-refractivity contribution in [1.29, 1.82) is 0 Å². The molecule has 7 nitrogen and oxygen atoms in total. The fraction of sp³-hybridized carbons (Fsp3) is 0.625. The molecule has 2 aliphatic rings. The highest BCUT2D eigenvalue weighted by Gasteiger charge is 2.33. The first-order valence-electron chi connectivity index (χ1n) is 8.54. The molecule has 0 saturated carbocycles. The first-order chi connectivity index (χ1) is 11.9. The molecule has 0 aromatic heterocycles. The lowest BCUT2D eigenvalue weighted by Gasteiger charge is -2.31. The van der Waals surface area contributed by atoms with Gasteiger partial charge in [0.2, 0.25) is 10.0 Å². The van der Waals surface area contributed by atoms with E-state index < -0.39 is 14.9 Å². The zero-order valence-electron chi connectivity index (χ0n) is 14.3. The first kappa shape index (κ1) is 18.5. The maximum Gasteiger partial charge on any atom is 0.270 e. The molecule has 0 amide bonds. The highest BCUT2D eigenvalue weighted by atomic mass is 32.2. The van der Waals surface area contributed by atoms with Crippen molar-refractivity contribution in [2.75, 3.05) is 36.0 Å². The zero-order valence-corrected chi connectivity index (χ0v) is 15.9. The molecular weight excluding hydrogens is 362 g/mol. The Morgan fingerprint density at radius 3 is 2.60 bits per heavy atom. The summed E-state index contributed by atoms with van der Waals surface area (Å²) in [5.74, 6) is 1.96. The molecule has 1 aromatic rings. The Hall–Kier alpha value is -1.32. The molecule has 0 spiro atoms. The summed E-state index contributed by atoms with van der Waals surface area (Å²) in [6.45, 7) is 3.79. The van der Waals surface area contributed by atoms with Gasteiger partial charge in [0.15, 0.2) is 0 Å². The largest absolute Gasteiger partial charge is 0.367 e. The number of rotatable bonds is 4. The van der Waals surface area contributed by atoms with E-state index in [0.29, 0.717) is 18.8 Å². The number of anilines is 1. The monoisotopic (exact) mass is 385 g/mol. The highest BCUT2D eigenvalue weighted by molar-refractivity contribution is 7.99. The normalized spacial score (nSPS) is 22.8. The van der Waals surface area contributed by atoms with Crippen molar-refractivity contribution in [3.8, 4) is 0 Å². The van der Waals surface area contributed by atoms with Crippen LogP contribution in [-0.2, 0) is 10.0 Å². The van der Waals surface area contributed by atoms with E-state index in [4.69, 9.17) is 0 Å². The van der Waals surface area contributed by atoms with Crippen LogP contribution in [0.5, 0.6) is 0 Å². The number of benzene rings is 1. The van der Waals surface area contributed by atoms with Gasteiger partial charge in [0.05, 0.1) is 10.6 Å². The highest BCUT2D eigenvalue weighted by Crippen LogP contribution is 2.35. The molecule has 1 unspecified atom stereocenters. The van der Waals surface area contributed by atoms with Gasteiger partial charge in [-0.05, 0) is 38.0 Å². The van der Waals surface area contributed by atoms with E-state index in [1.807, 2.05) is 11.8 Å². The zero-order chi connectivity index (χ0) is 18.0. The summed E-state index contributed by atoms with van der Waals surface area (Å²) < 4.78 is 27.7. The topological polar surface area (TPSA) is 83.8 Å². The van der Waals surface area contributed by atoms with Crippen molar-refractivity contribution >= 4 is 33.2 Å². The molecule has 0 radical (unpaired) electrons. The predicted octanol–water partition coefficient (Wildman–Crippen LogP) is 2.71. The molecule has 2 fully saturated rings. The van der Waals surface area contributed by atoms with Crippen molar-refractivity contribution < 1.29 is 13.3 Å². The van der Waals surface area contributed by atoms with Gasteiger partial charge in [-0.25, -0.2) is 8.42 Å². The number of non-ortho nitro benzene ring substituents is 1. The minimum absolute atomic E-state index is 0.0716. The quantitative estimate of drug-likeness (QED) is 0.585. The average molecular weight is 386 g/mol. The van der Waals surface area contributed by atoms with E-state index in [0.717, 1.165) is 37.3 Å². The molecule has 2 aliphatic heterocycles. The van der Waals surface area contributed by atoms with Crippen molar-refractivity contribution in [2.24, 2.45) is 0 Å². The SMILES string of the molecule is CC1CCSCCN1c1ccc([N+](=O)[O-])cc1S(=O)(=O)N1CCCC1. The number of nitrogens with zero attached hydrogens (tertiary/aromatic N) is 3.